The summed E-state index contributed by atoms with van der Waals surface area (Å²) in [7, 11) is 0. The number of carbonyl (C=O) groups is 2. The van der Waals surface area contributed by atoms with Gasteiger partial charge in [0, 0.05) is 5.69 Å². The van der Waals surface area contributed by atoms with Crippen LogP contribution in [-0.2, 0) is 4.79 Å². The van der Waals surface area contributed by atoms with Crippen molar-refractivity contribution in [2.75, 3.05) is 5.73 Å². The standard InChI is InChI=1S/C20H18N2O3/c21-17-11-15-9-5-4-8-14(15)10-16(17)20(25)22-18(12-19(23)24)13-6-2-1-3-7-13/h1-11,18H,12,21H2,(H,22,25)(H,23,24)/t18-/m1/s1. The maximum absolute atomic E-state index is 12.7. The summed E-state index contributed by atoms with van der Waals surface area (Å²) in [4.78, 5) is 23.9. The number of carboxylic acids is 1. The maximum atomic E-state index is 12.7. The Hall–Kier alpha value is -3.34. The predicted octanol–water partition coefficient (Wildman–Crippen LogP) is 3.37. The van der Waals surface area contributed by atoms with Crippen LogP contribution in [-0.4, -0.2) is 17.0 Å². The first-order chi connectivity index (χ1) is 12.0. The fourth-order valence-electron chi connectivity index (χ4n) is 2.80. The highest BCUT2D eigenvalue weighted by molar-refractivity contribution is 6.04. The molecule has 0 saturated carbocycles. The van der Waals surface area contributed by atoms with Crippen molar-refractivity contribution in [2.24, 2.45) is 0 Å². The zero-order valence-corrected chi connectivity index (χ0v) is 13.5. The Morgan fingerprint density at radius 3 is 2.20 bits per heavy atom. The van der Waals surface area contributed by atoms with Crippen molar-refractivity contribution in [1.82, 2.24) is 5.32 Å². The molecule has 0 radical (unpaired) electrons. The lowest BCUT2D eigenvalue weighted by Crippen LogP contribution is -2.30. The topological polar surface area (TPSA) is 92.4 Å². The molecule has 3 aromatic rings. The summed E-state index contributed by atoms with van der Waals surface area (Å²) in [6.45, 7) is 0. The van der Waals surface area contributed by atoms with Gasteiger partial charge in [-0.05, 0) is 28.5 Å². The molecular weight excluding hydrogens is 316 g/mol. The van der Waals surface area contributed by atoms with Crippen LogP contribution in [0.15, 0.2) is 66.7 Å². The van der Waals surface area contributed by atoms with Gasteiger partial charge in [0.2, 0.25) is 0 Å². The lowest BCUT2D eigenvalue weighted by molar-refractivity contribution is -0.137. The Bertz CT molecular complexity index is 923. The molecule has 4 N–H and O–H groups in total. The van der Waals surface area contributed by atoms with Gasteiger partial charge in [0.1, 0.15) is 0 Å². The van der Waals surface area contributed by atoms with Crippen molar-refractivity contribution in [3.8, 4) is 0 Å². The average molecular weight is 334 g/mol. The molecule has 1 atom stereocenters. The average Bonchev–Trinajstić information content (AvgIpc) is 2.61. The lowest BCUT2D eigenvalue weighted by atomic mass is 10.0. The summed E-state index contributed by atoms with van der Waals surface area (Å²) in [5, 5.41) is 13.8. The second-order valence-electron chi connectivity index (χ2n) is 5.82. The van der Waals surface area contributed by atoms with E-state index in [4.69, 9.17) is 10.8 Å². The number of amides is 1. The molecule has 3 rings (SSSR count). The van der Waals surface area contributed by atoms with E-state index in [1.165, 1.54) is 0 Å². The first kappa shape index (κ1) is 16.5. The normalized spacial score (nSPS) is 11.8. The van der Waals surface area contributed by atoms with Gasteiger partial charge in [0.05, 0.1) is 18.0 Å². The third kappa shape index (κ3) is 3.77. The number of hydrogen-bond acceptors (Lipinski definition) is 3. The molecule has 0 unspecified atom stereocenters. The van der Waals surface area contributed by atoms with Crippen molar-refractivity contribution in [1.29, 1.82) is 0 Å². The zero-order chi connectivity index (χ0) is 17.8. The molecule has 0 aliphatic heterocycles. The van der Waals surface area contributed by atoms with Crippen molar-refractivity contribution in [3.63, 3.8) is 0 Å². The first-order valence-electron chi connectivity index (χ1n) is 7.90. The van der Waals surface area contributed by atoms with Crippen LogP contribution in [0.2, 0.25) is 0 Å². The minimum Gasteiger partial charge on any atom is -0.481 e. The summed E-state index contributed by atoms with van der Waals surface area (Å²) in [5.74, 6) is -1.38. The van der Waals surface area contributed by atoms with E-state index in [1.54, 1.807) is 36.4 Å². The van der Waals surface area contributed by atoms with Gasteiger partial charge in [0.15, 0.2) is 0 Å². The number of carbonyl (C=O) groups excluding carboxylic acids is 1. The number of nitrogen functional groups attached to an aromatic ring is 1. The van der Waals surface area contributed by atoms with E-state index in [-0.39, 0.29) is 6.42 Å². The van der Waals surface area contributed by atoms with E-state index in [2.05, 4.69) is 5.32 Å². The first-order valence-corrected chi connectivity index (χ1v) is 7.90. The van der Waals surface area contributed by atoms with Crippen LogP contribution < -0.4 is 11.1 Å². The fraction of sp³-hybridized carbons (Fsp3) is 0.100. The molecule has 0 aliphatic rings. The van der Waals surface area contributed by atoms with Crippen LogP contribution in [0.3, 0.4) is 0 Å². The van der Waals surface area contributed by atoms with E-state index in [1.807, 2.05) is 30.3 Å². The molecule has 3 aromatic carbocycles. The molecular formula is C20H18N2O3. The van der Waals surface area contributed by atoms with Gasteiger partial charge >= 0.3 is 5.97 Å². The van der Waals surface area contributed by atoms with Gasteiger partial charge in [-0.1, -0.05) is 54.6 Å². The van der Waals surface area contributed by atoms with Crippen LogP contribution in [0.4, 0.5) is 5.69 Å². The summed E-state index contributed by atoms with van der Waals surface area (Å²) in [5.41, 5.74) is 7.46. The third-order valence-electron chi connectivity index (χ3n) is 4.05. The van der Waals surface area contributed by atoms with Gasteiger partial charge < -0.3 is 16.2 Å². The van der Waals surface area contributed by atoms with E-state index in [0.717, 1.165) is 16.3 Å². The van der Waals surface area contributed by atoms with Crippen LogP contribution in [0, 0.1) is 0 Å². The van der Waals surface area contributed by atoms with Crippen LogP contribution in [0.25, 0.3) is 10.8 Å². The van der Waals surface area contributed by atoms with Gasteiger partial charge in [-0.15, -0.1) is 0 Å². The number of rotatable bonds is 5. The zero-order valence-electron chi connectivity index (χ0n) is 13.5. The number of nitrogens with two attached hydrogens (primary N) is 1. The molecule has 0 aliphatic carbocycles. The summed E-state index contributed by atoms with van der Waals surface area (Å²) in [6.07, 6.45) is -0.205. The predicted molar refractivity (Wildman–Crippen MR) is 97.3 cm³/mol. The number of anilines is 1. The minimum atomic E-state index is -0.986. The SMILES string of the molecule is Nc1cc2ccccc2cc1C(=O)N[C@H](CC(=O)O)c1ccccc1. The smallest absolute Gasteiger partial charge is 0.305 e. The van der Waals surface area contributed by atoms with Crippen molar-refractivity contribution < 1.29 is 14.7 Å². The second kappa shape index (κ2) is 7.05. The molecule has 0 aromatic heterocycles. The van der Waals surface area contributed by atoms with Gasteiger partial charge in [-0.3, -0.25) is 9.59 Å². The molecule has 5 nitrogen and oxygen atoms in total. The lowest BCUT2D eigenvalue weighted by Gasteiger charge is -2.18. The molecule has 1 amide bonds. The van der Waals surface area contributed by atoms with E-state index >= 15 is 0 Å². The second-order valence-corrected chi connectivity index (χ2v) is 5.82. The Kier molecular flexibility index (Phi) is 4.66. The Balaban J connectivity index is 1.91. The highest BCUT2D eigenvalue weighted by atomic mass is 16.4. The van der Waals surface area contributed by atoms with Crippen molar-refractivity contribution in [3.05, 3.63) is 77.9 Å². The number of aliphatic carboxylic acids is 1. The number of benzene rings is 3. The van der Waals surface area contributed by atoms with Gasteiger partial charge in [0.25, 0.3) is 5.91 Å². The number of hydrogen-bond donors (Lipinski definition) is 3. The summed E-state index contributed by atoms with van der Waals surface area (Å²) >= 11 is 0. The molecule has 0 saturated heterocycles. The Morgan fingerprint density at radius 2 is 1.56 bits per heavy atom. The van der Waals surface area contributed by atoms with Crippen LogP contribution in [0.5, 0.6) is 0 Å². The highest BCUT2D eigenvalue weighted by Crippen LogP contribution is 2.23. The highest BCUT2D eigenvalue weighted by Gasteiger charge is 2.20. The molecule has 0 spiro atoms. The van der Waals surface area contributed by atoms with Crippen LogP contribution >= 0.6 is 0 Å². The molecule has 0 heterocycles. The number of fused-ring (bicyclic) bond motifs is 1. The Labute approximate surface area is 145 Å². The number of carboxylic acid groups (broad SMARTS) is 1. The third-order valence-corrected chi connectivity index (χ3v) is 4.05. The molecule has 0 fully saturated rings. The van der Waals surface area contributed by atoms with Crippen molar-refractivity contribution in [2.45, 2.75) is 12.5 Å². The minimum absolute atomic E-state index is 0.205. The van der Waals surface area contributed by atoms with Crippen molar-refractivity contribution >= 4 is 28.3 Å². The molecule has 126 valence electrons. The fourth-order valence-corrected chi connectivity index (χ4v) is 2.80. The molecule has 5 heteroatoms. The van der Waals surface area contributed by atoms with E-state index < -0.39 is 17.9 Å². The summed E-state index contributed by atoms with van der Waals surface area (Å²) in [6, 6.07) is 19.5. The Morgan fingerprint density at radius 1 is 0.960 bits per heavy atom. The largest absolute Gasteiger partial charge is 0.481 e. The quantitative estimate of drug-likeness (QED) is 0.624. The van der Waals surface area contributed by atoms with E-state index in [0.29, 0.717) is 11.3 Å². The molecule has 0 bridgehead atoms. The number of nitrogens with one attached hydrogen (secondary N) is 1. The van der Waals surface area contributed by atoms with Gasteiger partial charge in [-0.25, -0.2) is 0 Å². The van der Waals surface area contributed by atoms with Gasteiger partial charge in [-0.2, -0.15) is 0 Å². The van der Waals surface area contributed by atoms with Crippen LogP contribution in [0.1, 0.15) is 28.4 Å². The summed E-state index contributed by atoms with van der Waals surface area (Å²) < 4.78 is 0. The molecule has 25 heavy (non-hydrogen) atoms. The van der Waals surface area contributed by atoms with E-state index in [9.17, 15) is 9.59 Å². The monoisotopic (exact) mass is 334 g/mol. The maximum Gasteiger partial charge on any atom is 0.305 e.